The van der Waals surface area contributed by atoms with E-state index in [0.717, 1.165) is 17.6 Å². The van der Waals surface area contributed by atoms with Crippen LogP contribution in [0.1, 0.15) is 31.2 Å². The molecule has 0 saturated heterocycles. The normalized spacial score (nSPS) is 15.0. The molecule has 0 radical (unpaired) electrons. The Morgan fingerprint density at radius 3 is 2.65 bits per heavy atom. The van der Waals surface area contributed by atoms with Gasteiger partial charge in [0, 0.05) is 22.5 Å². The van der Waals surface area contributed by atoms with Gasteiger partial charge in [0.25, 0.3) is 0 Å². The quantitative estimate of drug-likeness (QED) is 0.363. The summed E-state index contributed by atoms with van der Waals surface area (Å²) in [4.78, 5) is 3.64. The average molecular weight is 413 g/mol. The molecule has 2 aromatic carbocycles. The van der Waals surface area contributed by atoms with Gasteiger partial charge in [0.2, 0.25) is 0 Å². The van der Waals surface area contributed by atoms with Crippen LogP contribution in [-0.4, -0.2) is 23.0 Å². The number of fused-ring (bicyclic) bond motifs is 1. The molecule has 3 aromatic rings. The summed E-state index contributed by atoms with van der Waals surface area (Å²) in [6.45, 7) is 1.37. The van der Waals surface area contributed by atoms with Crippen molar-refractivity contribution in [2.45, 2.75) is 38.3 Å². The Labute approximate surface area is 163 Å². The van der Waals surface area contributed by atoms with Crippen LogP contribution in [0.4, 0.5) is 5.69 Å². The second kappa shape index (κ2) is 8.28. The van der Waals surface area contributed by atoms with E-state index in [1.54, 1.807) is 0 Å². The molecule has 1 saturated carbocycles. The van der Waals surface area contributed by atoms with Crippen LogP contribution < -0.4 is 5.32 Å². The maximum atomic E-state index is 5.75. The fourth-order valence-corrected chi connectivity index (χ4v) is 4.04. The second-order valence-electron chi connectivity index (χ2n) is 7.02. The standard InChI is InChI=1S/C22H25BrN2O/c23-10-11-26-15-16-12-18-14-20(17-6-2-1-3-7-17)25-22(18)21(13-16)24-19-8-4-5-9-19/h1-3,6-7,12-14,19,24-25H,4-5,8-11,15H2. The van der Waals surface area contributed by atoms with Gasteiger partial charge in [-0.05, 0) is 42.2 Å². The Morgan fingerprint density at radius 2 is 1.88 bits per heavy atom. The molecule has 2 N–H and O–H groups in total. The molecule has 1 fully saturated rings. The summed E-state index contributed by atoms with van der Waals surface area (Å²) in [6.07, 6.45) is 5.18. The number of aromatic nitrogens is 1. The van der Waals surface area contributed by atoms with Gasteiger partial charge in [-0.2, -0.15) is 0 Å². The van der Waals surface area contributed by atoms with Crippen LogP contribution in [-0.2, 0) is 11.3 Å². The van der Waals surface area contributed by atoms with Crippen molar-refractivity contribution in [1.29, 1.82) is 0 Å². The Balaban J connectivity index is 1.70. The van der Waals surface area contributed by atoms with E-state index in [1.165, 1.54) is 53.4 Å². The monoisotopic (exact) mass is 412 g/mol. The van der Waals surface area contributed by atoms with Crippen molar-refractivity contribution in [1.82, 2.24) is 4.98 Å². The topological polar surface area (TPSA) is 37.0 Å². The minimum atomic E-state index is 0.584. The lowest BCUT2D eigenvalue weighted by molar-refractivity contribution is 0.137. The molecule has 0 atom stereocenters. The van der Waals surface area contributed by atoms with Crippen LogP contribution in [0.3, 0.4) is 0 Å². The van der Waals surface area contributed by atoms with E-state index < -0.39 is 0 Å². The predicted molar refractivity (Wildman–Crippen MR) is 113 cm³/mol. The van der Waals surface area contributed by atoms with Crippen LogP contribution in [0, 0.1) is 0 Å². The van der Waals surface area contributed by atoms with E-state index in [-0.39, 0.29) is 0 Å². The number of H-pyrrole nitrogens is 1. The number of alkyl halides is 1. The van der Waals surface area contributed by atoms with Gasteiger partial charge < -0.3 is 15.0 Å². The molecule has 0 bridgehead atoms. The Kier molecular flexibility index (Phi) is 5.61. The zero-order valence-corrected chi connectivity index (χ0v) is 16.5. The molecule has 1 heterocycles. The minimum Gasteiger partial charge on any atom is -0.381 e. The summed E-state index contributed by atoms with van der Waals surface area (Å²) in [5.74, 6) is 0. The van der Waals surface area contributed by atoms with Crippen LogP contribution in [0.25, 0.3) is 22.2 Å². The Bertz CT molecular complexity index is 853. The van der Waals surface area contributed by atoms with Crippen LogP contribution in [0.5, 0.6) is 0 Å². The number of ether oxygens (including phenoxy) is 1. The lowest BCUT2D eigenvalue weighted by atomic mass is 10.1. The highest BCUT2D eigenvalue weighted by atomic mass is 79.9. The molecule has 3 nitrogen and oxygen atoms in total. The van der Waals surface area contributed by atoms with Crippen molar-refractivity contribution in [3.63, 3.8) is 0 Å². The molecule has 0 amide bonds. The minimum absolute atomic E-state index is 0.584. The maximum absolute atomic E-state index is 5.75. The molecule has 4 rings (SSSR count). The van der Waals surface area contributed by atoms with Gasteiger partial charge in [-0.25, -0.2) is 0 Å². The largest absolute Gasteiger partial charge is 0.381 e. The number of benzene rings is 2. The first-order valence-corrected chi connectivity index (χ1v) is 10.6. The zero-order chi connectivity index (χ0) is 17.8. The molecule has 4 heteroatoms. The summed E-state index contributed by atoms with van der Waals surface area (Å²) >= 11 is 3.42. The first-order chi connectivity index (χ1) is 12.8. The number of hydrogen-bond donors (Lipinski definition) is 2. The zero-order valence-electron chi connectivity index (χ0n) is 14.9. The molecule has 26 heavy (non-hydrogen) atoms. The van der Waals surface area contributed by atoms with Gasteiger partial charge in [0.15, 0.2) is 0 Å². The second-order valence-corrected chi connectivity index (χ2v) is 7.82. The van der Waals surface area contributed by atoms with Crippen LogP contribution in [0.15, 0.2) is 48.5 Å². The van der Waals surface area contributed by atoms with Crippen molar-refractivity contribution >= 4 is 32.5 Å². The van der Waals surface area contributed by atoms with Gasteiger partial charge >= 0.3 is 0 Å². The summed E-state index contributed by atoms with van der Waals surface area (Å²) < 4.78 is 5.75. The molecule has 1 aliphatic rings. The third-order valence-electron chi connectivity index (χ3n) is 5.08. The number of hydrogen-bond acceptors (Lipinski definition) is 2. The first kappa shape index (κ1) is 17.6. The fraction of sp³-hybridized carbons (Fsp3) is 0.364. The van der Waals surface area contributed by atoms with Crippen molar-refractivity contribution in [2.24, 2.45) is 0 Å². The van der Waals surface area contributed by atoms with E-state index in [2.05, 4.69) is 74.8 Å². The van der Waals surface area contributed by atoms with Crippen molar-refractivity contribution in [2.75, 3.05) is 17.3 Å². The fourth-order valence-electron chi connectivity index (χ4n) is 3.81. The molecule has 0 spiro atoms. The molecule has 0 unspecified atom stereocenters. The Hall–Kier alpha value is -1.78. The lowest BCUT2D eigenvalue weighted by Crippen LogP contribution is -2.15. The molecule has 1 aromatic heterocycles. The smallest absolute Gasteiger partial charge is 0.0718 e. The third kappa shape index (κ3) is 3.97. The van der Waals surface area contributed by atoms with E-state index >= 15 is 0 Å². The summed E-state index contributed by atoms with van der Waals surface area (Å²) in [5.41, 5.74) is 5.99. The average Bonchev–Trinajstić information content (AvgIpc) is 3.32. The molecular weight excluding hydrogens is 388 g/mol. The molecule has 1 aliphatic carbocycles. The lowest BCUT2D eigenvalue weighted by Gasteiger charge is -2.16. The molecular formula is C22H25BrN2O. The SMILES string of the molecule is BrCCOCc1cc(NC2CCCC2)c2[nH]c(-c3ccccc3)cc2c1. The molecule has 0 aliphatic heterocycles. The van der Waals surface area contributed by atoms with E-state index in [4.69, 9.17) is 4.74 Å². The Morgan fingerprint density at radius 1 is 1.08 bits per heavy atom. The highest BCUT2D eigenvalue weighted by molar-refractivity contribution is 9.09. The number of nitrogens with one attached hydrogen (secondary N) is 2. The maximum Gasteiger partial charge on any atom is 0.0718 e. The van der Waals surface area contributed by atoms with Gasteiger partial charge in [-0.1, -0.05) is 59.1 Å². The van der Waals surface area contributed by atoms with E-state index in [9.17, 15) is 0 Å². The first-order valence-electron chi connectivity index (χ1n) is 9.45. The highest BCUT2D eigenvalue weighted by Gasteiger charge is 2.17. The van der Waals surface area contributed by atoms with Crippen molar-refractivity contribution < 1.29 is 4.74 Å². The van der Waals surface area contributed by atoms with Crippen LogP contribution >= 0.6 is 15.9 Å². The summed E-state index contributed by atoms with van der Waals surface area (Å²) in [6, 6.07) is 17.8. The van der Waals surface area contributed by atoms with Gasteiger partial charge in [-0.15, -0.1) is 0 Å². The number of aromatic amines is 1. The van der Waals surface area contributed by atoms with Gasteiger partial charge in [0.1, 0.15) is 0 Å². The number of rotatable bonds is 7. The van der Waals surface area contributed by atoms with E-state index in [1.807, 2.05) is 0 Å². The van der Waals surface area contributed by atoms with Gasteiger partial charge in [-0.3, -0.25) is 0 Å². The summed E-state index contributed by atoms with van der Waals surface area (Å²) in [5, 5.41) is 5.89. The molecule has 136 valence electrons. The number of anilines is 1. The third-order valence-corrected chi connectivity index (χ3v) is 5.40. The van der Waals surface area contributed by atoms with Gasteiger partial charge in [0.05, 0.1) is 24.4 Å². The highest BCUT2D eigenvalue weighted by Crippen LogP contribution is 2.32. The predicted octanol–water partition coefficient (Wildman–Crippen LogP) is 6.10. The summed E-state index contributed by atoms with van der Waals surface area (Å²) in [7, 11) is 0. The number of halogens is 1. The van der Waals surface area contributed by atoms with Crippen LogP contribution in [0.2, 0.25) is 0 Å². The van der Waals surface area contributed by atoms with Crippen molar-refractivity contribution in [3.05, 3.63) is 54.1 Å². The van der Waals surface area contributed by atoms with Crippen molar-refractivity contribution in [3.8, 4) is 11.3 Å². The van der Waals surface area contributed by atoms with E-state index in [0.29, 0.717) is 12.6 Å².